The normalized spacial score (nSPS) is 16.4. The molecular formula is C20H31N3O. The first-order chi connectivity index (χ1) is 11.8. The largest absolute Gasteiger partial charge is 0.377 e. The lowest BCUT2D eigenvalue weighted by molar-refractivity contribution is 0.153. The lowest BCUT2D eigenvalue weighted by Crippen LogP contribution is -2.42. The minimum absolute atomic E-state index is 0.394. The van der Waals surface area contributed by atoms with Gasteiger partial charge in [0, 0.05) is 19.1 Å². The van der Waals surface area contributed by atoms with Crippen molar-refractivity contribution in [2.24, 2.45) is 4.99 Å². The Balaban J connectivity index is 1.76. The molecule has 0 amide bonds. The van der Waals surface area contributed by atoms with Crippen LogP contribution in [0.4, 0.5) is 0 Å². The summed E-state index contributed by atoms with van der Waals surface area (Å²) in [6, 6.07) is 11.0. The summed E-state index contributed by atoms with van der Waals surface area (Å²) in [6.45, 7) is 7.64. The zero-order valence-electron chi connectivity index (χ0n) is 15.1. The maximum atomic E-state index is 5.34. The second-order valence-electron chi connectivity index (χ2n) is 6.27. The molecule has 0 bridgehead atoms. The van der Waals surface area contributed by atoms with Crippen LogP contribution in [0, 0.1) is 0 Å². The van der Waals surface area contributed by atoms with Gasteiger partial charge in [0.2, 0.25) is 0 Å². The topological polar surface area (TPSA) is 45.7 Å². The molecular weight excluding hydrogens is 298 g/mol. The van der Waals surface area contributed by atoms with E-state index in [0.717, 1.165) is 57.9 Å². The van der Waals surface area contributed by atoms with Crippen LogP contribution < -0.4 is 10.6 Å². The van der Waals surface area contributed by atoms with Crippen molar-refractivity contribution in [3.8, 4) is 0 Å². The number of guanidine groups is 1. The number of benzene rings is 1. The third-order valence-electron chi connectivity index (χ3n) is 4.20. The lowest BCUT2D eigenvalue weighted by Gasteiger charge is -2.18. The van der Waals surface area contributed by atoms with Gasteiger partial charge in [-0.05, 0) is 45.1 Å². The van der Waals surface area contributed by atoms with E-state index in [4.69, 9.17) is 9.73 Å². The summed E-state index contributed by atoms with van der Waals surface area (Å²) in [4.78, 5) is 4.72. The summed E-state index contributed by atoms with van der Waals surface area (Å²) in [5, 5.41) is 6.86. The van der Waals surface area contributed by atoms with E-state index in [1.165, 1.54) is 11.1 Å². The first kappa shape index (κ1) is 18.5. The average Bonchev–Trinajstić information content (AvgIpc) is 2.62. The maximum Gasteiger partial charge on any atom is 0.191 e. The molecule has 24 heavy (non-hydrogen) atoms. The van der Waals surface area contributed by atoms with Gasteiger partial charge >= 0.3 is 0 Å². The van der Waals surface area contributed by atoms with Gasteiger partial charge in [0.25, 0.3) is 0 Å². The van der Waals surface area contributed by atoms with Gasteiger partial charge in [-0.25, -0.2) is 0 Å². The predicted molar refractivity (Wildman–Crippen MR) is 101 cm³/mol. The Morgan fingerprint density at radius 1 is 1.25 bits per heavy atom. The molecule has 1 aliphatic heterocycles. The Hall–Kier alpha value is -1.81. The van der Waals surface area contributed by atoms with Gasteiger partial charge in [0.15, 0.2) is 5.96 Å². The van der Waals surface area contributed by atoms with Crippen molar-refractivity contribution in [2.75, 3.05) is 26.3 Å². The summed E-state index contributed by atoms with van der Waals surface area (Å²) < 4.78 is 5.34. The monoisotopic (exact) mass is 329 g/mol. The number of hydrogen-bond donors (Lipinski definition) is 2. The van der Waals surface area contributed by atoms with Crippen molar-refractivity contribution in [3.05, 3.63) is 47.5 Å². The van der Waals surface area contributed by atoms with Crippen LogP contribution in [-0.4, -0.2) is 38.3 Å². The Bertz CT molecular complexity index is 525. The van der Waals surface area contributed by atoms with E-state index < -0.39 is 0 Å². The van der Waals surface area contributed by atoms with Crippen LogP contribution in [0.3, 0.4) is 0 Å². The Morgan fingerprint density at radius 3 is 2.79 bits per heavy atom. The zero-order valence-corrected chi connectivity index (χ0v) is 15.1. The van der Waals surface area contributed by atoms with E-state index >= 15 is 0 Å². The van der Waals surface area contributed by atoms with Gasteiger partial charge in [0.1, 0.15) is 0 Å². The van der Waals surface area contributed by atoms with Gasteiger partial charge in [-0.2, -0.15) is 0 Å². The zero-order chi connectivity index (χ0) is 17.0. The van der Waals surface area contributed by atoms with Crippen LogP contribution >= 0.6 is 0 Å². The molecule has 0 saturated heterocycles. The van der Waals surface area contributed by atoms with E-state index in [2.05, 4.69) is 60.9 Å². The Morgan fingerprint density at radius 2 is 2.08 bits per heavy atom. The summed E-state index contributed by atoms with van der Waals surface area (Å²) in [6.07, 6.45) is 6.45. The summed E-state index contributed by atoms with van der Waals surface area (Å²) in [5.41, 5.74) is 2.86. The van der Waals surface area contributed by atoms with Crippen LogP contribution in [-0.2, 0) is 11.2 Å². The van der Waals surface area contributed by atoms with Crippen LogP contribution in [0.2, 0.25) is 0 Å². The molecule has 2 rings (SSSR count). The second kappa shape index (κ2) is 10.9. The fourth-order valence-corrected chi connectivity index (χ4v) is 2.76. The molecule has 1 unspecified atom stereocenters. The standard InChI is InChI=1S/C20H31N3O/c1-3-21-20(22-14-11-19-12-15-24-16-13-19)23-17(2)9-10-18-7-5-4-6-8-18/h4-8,12,17H,3,9-11,13-16H2,1-2H3,(H2,21,22,23). The molecule has 0 spiro atoms. The summed E-state index contributed by atoms with van der Waals surface area (Å²) in [5.74, 6) is 0.922. The number of nitrogens with one attached hydrogen (secondary N) is 2. The summed E-state index contributed by atoms with van der Waals surface area (Å²) >= 11 is 0. The van der Waals surface area contributed by atoms with Crippen LogP contribution in [0.15, 0.2) is 47.0 Å². The minimum atomic E-state index is 0.394. The molecule has 0 aromatic heterocycles. The number of nitrogens with zero attached hydrogens (tertiary/aromatic N) is 1. The molecule has 4 heteroatoms. The fraction of sp³-hybridized carbons (Fsp3) is 0.550. The molecule has 1 heterocycles. The lowest BCUT2D eigenvalue weighted by atomic mass is 10.1. The maximum absolute atomic E-state index is 5.34. The first-order valence-electron chi connectivity index (χ1n) is 9.12. The van der Waals surface area contributed by atoms with Gasteiger partial charge in [-0.15, -0.1) is 0 Å². The van der Waals surface area contributed by atoms with E-state index in [-0.39, 0.29) is 0 Å². The molecule has 0 fully saturated rings. The van der Waals surface area contributed by atoms with Crippen molar-refractivity contribution in [3.63, 3.8) is 0 Å². The molecule has 0 saturated carbocycles. The predicted octanol–water partition coefficient (Wildman–Crippen LogP) is 3.30. The van der Waals surface area contributed by atoms with Gasteiger partial charge in [0.05, 0.1) is 13.2 Å². The molecule has 1 aromatic carbocycles. The number of hydrogen-bond acceptors (Lipinski definition) is 2. The second-order valence-corrected chi connectivity index (χ2v) is 6.27. The first-order valence-corrected chi connectivity index (χ1v) is 9.12. The van der Waals surface area contributed by atoms with Crippen molar-refractivity contribution < 1.29 is 4.74 Å². The molecule has 1 aromatic rings. The van der Waals surface area contributed by atoms with Crippen LogP contribution in [0.25, 0.3) is 0 Å². The van der Waals surface area contributed by atoms with Crippen molar-refractivity contribution in [1.82, 2.24) is 10.6 Å². The van der Waals surface area contributed by atoms with Gasteiger partial charge in [-0.1, -0.05) is 42.0 Å². The molecule has 0 radical (unpaired) electrons. The van der Waals surface area contributed by atoms with Gasteiger partial charge in [-0.3, -0.25) is 4.99 Å². The molecule has 1 atom stereocenters. The fourth-order valence-electron chi connectivity index (χ4n) is 2.76. The van der Waals surface area contributed by atoms with Crippen molar-refractivity contribution >= 4 is 5.96 Å². The highest BCUT2D eigenvalue weighted by Gasteiger charge is 2.07. The molecule has 1 aliphatic rings. The van der Waals surface area contributed by atoms with E-state index in [1.807, 2.05) is 0 Å². The molecule has 2 N–H and O–H groups in total. The van der Waals surface area contributed by atoms with Gasteiger partial charge < -0.3 is 15.4 Å². The molecule has 0 aliphatic carbocycles. The SMILES string of the molecule is CCNC(=NCCC1=CCOCC1)NC(C)CCc1ccccc1. The third-order valence-corrected chi connectivity index (χ3v) is 4.20. The average molecular weight is 329 g/mol. The van der Waals surface area contributed by atoms with Crippen molar-refractivity contribution in [1.29, 1.82) is 0 Å². The smallest absolute Gasteiger partial charge is 0.191 e. The minimum Gasteiger partial charge on any atom is -0.377 e. The Kier molecular flexibility index (Phi) is 8.39. The highest BCUT2D eigenvalue weighted by Crippen LogP contribution is 2.11. The highest BCUT2D eigenvalue weighted by atomic mass is 16.5. The molecule has 132 valence electrons. The van der Waals surface area contributed by atoms with Crippen LogP contribution in [0.5, 0.6) is 0 Å². The summed E-state index contributed by atoms with van der Waals surface area (Å²) in [7, 11) is 0. The Labute approximate surface area is 146 Å². The van der Waals surface area contributed by atoms with Crippen molar-refractivity contribution in [2.45, 2.75) is 45.6 Å². The van der Waals surface area contributed by atoms with E-state index in [1.54, 1.807) is 0 Å². The number of aryl methyl sites for hydroxylation is 1. The van der Waals surface area contributed by atoms with Crippen LogP contribution in [0.1, 0.15) is 38.7 Å². The number of aliphatic imine (C=N–C) groups is 1. The third kappa shape index (κ3) is 7.18. The van der Waals surface area contributed by atoms with E-state index in [9.17, 15) is 0 Å². The number of rotatable bonds is 8. The quantitative estimate of drug-likeness (QED) is 0.437. The van der Waals surface area contributed by atoms with E-state index in [0.29, 0.717) is 6.04 Å². The molecule has 4 nitrogen and oxygen atoms in total. The highest BCUT2D eigenvalue weighted by molar-refractivity contribution is 5.80. The number of ether oxygens (including phenoxy) is 1.